The van der Waals surface area contributed by atoms with Gasteiger partial charge in [-0.3, -0.25) is 33.7 Å². The molecule has 0 saturated carbocycles. The van der Waals surface area contributed by atoms with Crippen LogP contribution in [-0.2, 0) is 49.7 Å². The summed E-state index contributed by atoms with van der Waals surface area (Å²) in [7, 11) is 9.31. The van der Waals surface area contributed by atoms with E-state index in [1.165, 1.54) is 49.5 Å². The van der Waals surface area contributed by atoms with Gasteiger partial charge < -0.3 is 56.4 Å². The fourth-order valence-electron chi connectivity index (χ4n) is 6.12. The number of carbonyl (C=O) groups is 9. The molecule has 0 heterocycles. The van der Waals surface area contributed by atoms with Crippen LogP contribution in [0.25, 0.3) is 0 Å². The molecule has 1 aromatic carbocycles. The first-order valence-electron chi connectivity index (χ1n) is 25.3. The number of primary amides is 1. The van der Waals surface area contributed by atoms with E-state index in [-0.39, 0.29) is 67.8 Å². The van der Waals surface area contributed by atoms with Crippen LogP contribution in [-0.4, -0.2) is 160 Å². The molecule has 0 spiro atoms. The van der Waals surface area contributed by atoms with Gasteiger partial charge in [0.25, 0.3) is 0 Å². The van der Waals surface area contributed by atoms with Crippen LogP contribution in [0.15, 0.2) is 24.3 Å². The van der Waals surface area contributed by atoms with Crippen LogP contribution in [0.4, 0.5) is 10.5 Å². The normalized spacial score (nSPS) is 11.5. The predicted molar refractivity (Wildman–Crippen MR) is 292 cm³/mol. The molecule has 0 aliphatic carbocycles. The van der Waals surface area contributed by atoms with E-state index in [1.807, 2.05) is 7.05 Å². The molecule has 3 unspecified atom stereocenters. The van der Waals surface area contributed by atoms with Crippen molar-refractivity contribution >= 4 is 72.1 Å². The SMILES string of the molecule is CC(C)CCSC(CC=O)C(=O)N(C)CCCCCC(=O)NC(C(=O)NCC(=O)Nc1ccc(COC(=O)N(C)C(C(=O)NCC=O)C(C)C)cc1)C(C)C.CCC.CCCN(C)C.CCCNC.NC=O. The molecule has 0 aliphatic rings. The van der Waals surface area contributed by atoms with Gasteiger partial charge in [0.05, 0.1) is 18.3 Å². The summed E-state index contributed by atoms with van der Waals surface area (Å²) in [6, 6.07) is 4.87. The number of hydrogen-bond acceptors (Lipinski definition) is 13. The van der Waals surface area contributed by atoms with Gasteiger partial charge in [-0.1, -0.05) is 94.2 Å². The molecule has 20 heteroatoms. The fourth-order valence-corrected chi connectivity index (χ4v) is 7.55. The van der Waals surface area contributed by atoms with Crippen molar-refractivity contribution in [1.29, 1.82) is 0 Å². The minimum atomic E-state index is -0.838. The molecule has 3 atom stereocenters. The number of carbonyl (C=O) groups excluding carboxylic acids is 9. The van der Waals surface area contributed by atoms with E-state index in [1.54, 1.807) is 63.9 Å². The summed E-state index contributed by atoms with van der Waals surface area (Å²) in [6.07, 6.45) is 7.96. The number of ether oxygens (including phenoxy) is 1. The molecule has 1 aromatic rings. The first-order valence-corrected chi connectivity index (χ1v) is 26.4. The molecular formula is C52H97N9O10S. The van der Waals surface area contributed by atoms with Crippen molar-refractivity contribution in [2.24, 2.45) is 23.5 Å². The summed E-state index contributed by atoms with van der Waals surface area (Å²) in [6.45, 7) is 22.3. The van der Waals surface area contributed by atoms with E-state index in [4.69, 9.17) is 9.53 Å². The molecule has 0 aliphatic heterocycles. The number of anilines is 1. The van der Waals surface area contributed by atoms with Crippen molar-refractivity contribution in [3.63, 3.8) is 0 Å². The van der Waals surface area contributed by atoms with Gasteiger partial charge in [0.2, 0.25) is 35.9 Å². The number of thioether (sulfide) groups is 1. The highest BCUT2D eigenvalue weighted by Gasteiger charge is 2.31. The van der Waals surface area contributed by atoms with Gasteiger partial charge >= 0.3 is 6.09 Å². The molecule has 7 N–H and O–H groups in total. The summed E-state index contributed by atoms with van der Waals surface area (Å²) in [5.41, 5.74) is 5.24. The zero-order valence-electron chi connectivity index (χ0n) is 46.7. The highest BCUT2D eigenvalue weighted by molar-refractivity contribution is 8.00. The third kappa shape index (κ3) is 40.5. The summed E-state index contributed by atoms with van der Waals surface area (Å²) >= 11 is 1.52. The zero-order chi connectivity index (χ0) is 56.0. The van der Waals surface area contributed by atoms with Crippen LogP contribution < -0.4 is 32.3 Å². The van der Waals surface area contributed by atoms with Crippen LogP contribution in [0.3, 0.4) is 0 Å². The average molecular weight is 1040 g/mol. The molecule has 19 nitrogen and oxygen atoms in total. The molecule has 0 saturated heterocycles. The molecule has 0 bridgehead atoms. The Morgan fingerprint density at radius 1 is 0.764 bits per heavy atom. The maximum absolute atomic E-state index is 12.9. The van der Waals surface area contributed by atoms with Crippen LogP contribution in [0.5, 0.6) is 0 Å². The Morgan fingerprint density at radius 2 is 1.36 bits per heavy atom. The largest absolute Gasteiger partial charge is 0.445 e. The van der Waals surface area contributed by atoms with Crippen LogP contribution in [0.2, 0.25) is 0 Å². The second kappa shape index (κ2) is 48.2. The lowest BCUT2D eigenvalue weighted by Gasteiger charge is -2.29. The number of aldehydes is 2. The number of nitrogens with one attached hydrogen (secondary N) is 5. The molecule has 72 heavy (non-hydrogen) atoms. The maximum Gasteiger partial charge on any atom is 0.410 e. The van der Waals surface area contributed by atoms with Gasteiger partial charge in [0.1, 0.15) is 31.3 Å². The topological polar surface area (TPSA) is 259 Å². The van der Waals surface area contributed by atoms with Crippen molar-refractivity contribution in [2.75, 3.05) is 79.0 Å². The predicted octanol–water partition coefficient (Wildman–Crippen LogP) is 5.64. The lowest BCUT2D eigenvalue weighted by molar-refractivity contribution is -0.131. The van der Waals surface area contributed by atoms with Crippen LogP contribution in [0.1, 0.15) is 133 Å². The molecule has 7 amide bonds. The Labute approximate surface area is 437 Å². The number of nitrogens with zero attached hydrogens (tertiary/aromatic N) is 3. The molecule has 0 aromatic heterocycles. The van der Waals surface area contributed by atoms with Gasteiger partial charge in [-0.15, -0.1) is 11.8 Å². The monoisotopic (exact) mass is 1040 g/mol. The van der Waals surface area contributed by atoms with Gasteiger partial charge in [-0.2, -0.15) is 0 Å². The average Bonchev–Trinajstić information content (AvgIpc) is 3.31. The van der Waals surface area contributed by atoms with Gasteiger partial charge in [-0.25, -0.2) is 4.79 Å². The van der Waals surface area contributed by atoms with E-state index in [2.05, 4.69) is 92.9 Å². The first kappa shape index (κ1) is 73.5. The van der Waals surface area contributed by atoms with Crippen molar-refractivity contribution in [3.8, 4) is 0 Å². The van der Waals surface area contributed by atoms with Crippen molar-refractivity contribution < 1.29 is 47.9 Å². The number of hydrogen-bond donors (Lipinski definition) is 6. The van der Waals surface area contributed by atoms with Gasteiger partial charge in [0.15, 0.2) is 0 Å². The van der Waals surface area contributed by atoms with E-state index in [9.17, 15) is 38.4 Å². The molecular weight excluding hydrogens is 943 g/mol. The van der Waals surface area contributed by atoms with Gasteiger partial charge in [-0.05, 0) is 108 Å². The second-order valence-electron chi connectivity index (χ2n) is 18.3. The van der Waals surface area contributed by atoms with Crippen molar-refractivity contribution in [1.82, 2.24) is 36.0 Å². The standard InChI is InChI=1S/C39H62N6O9S.C5H13N.C4H11N.C3H8.CH3NO/c1-26(2)18-23-55-31(17-21-46)38(52)44(7)20-11-9-10-12-32(48)43-34(27(3)4)36(50)41-24-33(49)42-30-15-13-29(14-16-30)25-54-39(53)45(8)35(28(5)6)37(51)40-19-22-47;1-4-5-6(2)3;1-3-4-5-2;1-3-2;2-1-3/h13-16,21-22,26-28,31,34-35H,9-12,17-20,23-25H2,1-8H3,(H,40,51)(H,41,50)(H,42,49)(H,43,48);4-5H2,1-3H3;5H,3-4H2,1-2H3;3H2,1-2H3;1H,(H2,2,3). The van der Waals surface area contributed by atoms with E-state index in [0.29, 0.717) is 49.3 Å². The zero-order valence-corrected chi connectivity index (χ0v) is 47.5. The number of rotatable bonds is 30. The Morgan fingerprint density at radius 3 is 1.81 bits per heavy atom. The summed E-state index contributed by atoms with van der Waals surface area (Å²) in [5.74, 6) is -0.897. The summed E-state index contributed by atoms with van der Waals surface area (Å²) in [5, 5.41) is 13.1. The number of amides is 7. The van der Waals surface area contributed by atoms with Gasteiger partial charge in [0, 0.05) is 39.2 Å². The van der Waals surface area contributed by atoms with E-state index in [0.717, 1.165) is 25.0 Å². The number of unbranched alkanes of at least 4 members (excludes halogenated alkanes) is 2. The lowest BCUT2D eigenvalue weighted by atomic mass is 10.0. The summed E-state index contributed by atoms with van der Waals surface area (Å²) in [4.78, 5) is 111. The molecule has 0 radical (unpaired) electrons. The first-order chi connectivity index (χ1) is 34.0. The Hall–Kier alpha value is -5.08. The number of benzene rings is 1. The fraction of sp³-hybridized carbons (Fsp3) is 0.712. The summed E-state index contributed by atoms with van der Waals surface area (Å²) < 4.78 is 5.36. The minimum absolute atomic E-state index is 0.0603. The third-order valence-electron chi connectivity index (χ3n) is 9.80. The Bertz CT molecular complexity index is 1620. The maximum atomic E-state index is 12.9. The smallest absolute Gasteiger partial charge is 0.410 e. The molecule has 0 fully saturated rings. The second-order valence-corrected chi connectivity index (χ2v) is 19.6. The highest BCUT2D eigenvalue weighted by Crippen LogP contribution is 2.20. The highest BCUT2D eigenvalue weighted by atomic mass is 32.2. The Balaban J connectivity index is -0.00000117. The lowest BCUT2D eigenvalue weighted by Crippen LogP contribution is -2.51. The Kier molecular flexibility index (Phi) is 49.2. The minimum Gasteiger partial charge on any atom is -0.445 e. The van der Waals surface area contributed by atoms with E-state index < -0.39 is 35.9 Å². The van der Waals surface area contributed by atoms with Crippen molar-refractivity contribution in [2.45, 2.75) is 151 Å². The molecule has 1 rings (SSSR count). The van der Waals surface area contributed by atoms with Crippen molar-refractivity contribution in [3.05, 3.63) is 29.8 Å². The van der Waals surface area contributed by atoms with Crippen LogP contribution >= 0.6 is 11.8 Å². The number of likely N-dealkylation sites (N-methyl/N-ethyl adjacent to an activating group) is 1. The quantitative estimate of drug-likeness (QED) is 0.0404. The van der Waals surface area contributed by atoms with E-state index >= 15 is 0 Å². The third-order valence-corrected chi connectivity index (χ3v) is 11.1. The molecule has 416 valence electrons. The van der Waals surface area contributed by atoms with Crippen LogP contribution in [0, 0.1) is 17.8 Å². The number of nitrogens with two attached hydrogens (primary N) is 1.